The molecule has 0 amide bonds. The largest absolute Gasteiger partial charge is 0.311 e. The smallest absolute Gasteiger partial charge is 0.150 e. The van der Waals surface area contributed by atoms with Crippen LogP contribution in [0.25, 0.3) is 0 Å². The summed E-state index contributed by atoms with van der Waals surface area (Å²) in [7, 11) is 2.01. The van der Waals surface area contributed by atoms with Crippen LogP contribution in [0.3, 0.4) is 0 Å². The quantitative estimate of drug-likeness (QED) is 0.921. The number of aryl methyl sites for hydroxylation is 1. The van der Waals surface area contributed by atoms with E-state index in [2.05, 4.69) is 33.9 Å². The van der Waals surface area contributed by atoms with Gasteiger partial charge in [-0.25, -0.2) is 0 Å². The van der Waals surface area contributed by atoms with E-state index in [1.54, 1.807) is 0 Å². The van der Waals surface area contributed by atoms with Crippen molar-refractivity contribution >= 4 is 0 Å². The van der Waals surface area contributed by atoms with Crippen molar-refractivity contribution in [3.8, 4) is 0 Å². The van der Waals surface area contributed by atoms with Gasteiger partial charge in [-0.1, -0.05) is 0 Å². The summed E-state index contributed by atoms with van der Waals surface area (Å²) in [6.07, 6.45) is 8.54. The molecule has 1 aromatic heterocycles. The molecule has 0 saturated heterocycles. The van der Waals surface area contributed by atoms with E-state index in [1.807, 2.05) is 7.05 Å². The Morgan fingerprint density at radius 2 is 1.65 bits per heavy atom. The Hall–Kier alpha value is -0.900. The van der Waals surface area contributed by atoms with Gasteiger partial charge < -0.3 is 9.88 Å². The Morgan fingerprint density at radius 1 is 1.10 bits per heavy atom. The molecule has 4 fully saturated rings. The van der Waals surface area contributed by atoms with Crippen molar-refractivity contribution in [2.24, 2.45) is 17.8 Å². The molecule has 4 saturated carbocycles. The average Bonchev–Trinajstić information content (AvgIpc) is 2.79. The molecule has 4 aliphatic rings. The molecule has 1 N–H and O–H groups in total. The molecule has 0 aliphatic heterocycles. The minimum Gasteiger partial charge on any atom is -0.311 e. The first-order valence-corrected chi connectivity index (χ1v) is 8.21. The minimum atomic E-state index is 0.282. The summed E-state index contributed by atoms with van der Waals surface area (Å²) in [5.74, 6) is 5.14. The molecule has 4 nitrogen and oxygen atoms in total. The van der Waals surface area contributed by atoms with Crippen LogP contribution in [0.15, 0.2) is 0 Å². The predicted octanol–water partition coefficient (Wildman–Crippen LogP) is 2.79. The van der Waals surface area contributed by atoms with Crippen LogP contribution in [0.5, 0.6) is 0 Å². The van der Waals surface area contributed by atoms with E-state index in [1.165, 1.54) is 38.5 Å². The number of nitrogens with zero attached hydrogens (tertiary/aromatic N) is 3. The highest BCUT2D eigenvalue weighted by Gasteiger charge is 2.53. The second kappa shape index (κ2) is 4.30. The van der Waals surface area contributed by atoms with Crippen LogP contribution in [-0.4, -0.2) is 21.8 Å². The Morgan fingerprint density at radius 3 is 2.15 bits per heavy atom. The molecule has 0 spiro atoms. The first-order valence-electron chi connectivity index (χ1n) is 8.21. The highest BCUT2D eigenvalue weighted by molar-refractivity contribution is 5.12. The third-order valence-corrected chi connectivity index (χ3v) is 6.15. The highest BCUT2D eigenvalue weighted by atomic mass is 15.3. The van der Waals surface area contributed by atoms with Gasteiger partial charge in [0.25, 0.3) is 0 Å². The van der Waals surface area contributed by atoms with Crippen LogP contribution in [0, 0.1) is 24.7 Å². The summed E-state index contributed by atoms with van der Waals surface area (Å²) in [5, 5.41) is 12.3. The normalized spacial score (nSPS) is 40.2. The SMILES string of the molecule is CNC(C)c1nnc(C)n1C12CC3CC(CC(C3)C1)C2. The van der Waals surface area contributed by atoms with Crippen molar-refractivity contribution in [2.75, 3.05) is 7.05 Å². The fraction of sp³-hybridized carbons (Fsp3) is 0.875. The minimum absolute atomic E-state index is 0.282. The van der Waals surface area contributed by atoms with E-state index in [0.717, 1.165) is 29.4 Å². The zero-order chi connectivity index (χ0) is 13.9. The second-order valence-electron chi connectivity index (χ2n) is 7.59. The number of hydrogen-bond donors (Lipinski definition) is 1. The van der Waals surface area contributed by atoms with E-state index < -0.39 is 0 Å². The van der Waals surface area contributed by atoms with Gasteiger partial charge in [-0.15, -0.1) is 10.2 Å². The third-order valence-electron chi connectivity index (χ3n) is 6.15. The lowest BCUT2D eigenvalue weighted by Crippen LogP contribution is -2.52. The number of rotatable bonds is 3. The molecule has 1 heterocycles. The first-order chi connectivity index (χ1) is 9.61. The molecular formula is C16H26N4. The molecular weight excluding hydrogens is 248 g/mol. The van der Waals surface area contributed by atoms with Gasteiger partial charge >= 0.3 is 0 Å². The zero-order valence-electron chi connectivity index (χ0n) is 12.9. The molecule has 110 valence electrons. The number of nitrogens with one attached hydrogen (secondary N) is 1. The van der Waals surface area contributed by atoms with Gasteiger partial charge in [0.15, 0.2) is 0 Å². The lowest BCUT2D eigenvalue weighted by atomic mass is 9.53. The standard InChI is InChI=1S/C16H26N4/c1-10(17-3)15-19-18-11(2)20(15)16-7-12-4-13(8-16)6-14(5-12)9-16/h10,12-14,17H,4-9H2,1-3H3. The second-order valence-corrected chi connectivity index (χ2v) is 7.59. The number of hydrogen-bond acceptors (Lipinski definition) is 3. The fourth-order valence-electron chi connectivity index (χ4n) is 5.71. The summed E-state index contributed by atoms with van der Waals surface area (Å²) >= 11 is 0. The van der Waals surface area contributed by atoms with Crippen LogP contribution >= 0.6 is 0 Å². The summed E-state index contributed by atoms with van der Waals surface area (Å²) in [5.41, 5.74) is 0.336. The van der Waals surface area contributed by atoms with Gasteiger partial charge in [0.2, 0.25) is 0 Å². The van der Waals surface area contributed by atoms with Crippen molar-refractivity contribution in [1.82, 2.24) is 20.1 Å². The van der Waals surface area contributed by atoms with Crippen molar-refractivity contribution in [3.05, 3.63) is 11.6 Å². The van der Waals surface area contributed by atoms with Crippen LogP contribution in [-0.2, 0) is 5.54 Å². The Kier molecular flexibility index (Phi) is 2.75. The maximum absolute atomic E-state index is 4.49. The van der Waals surface area contributed by atoms with Crippen LogP contribution in [0.2, 0.25) is 0 Å². The van der Waals surface area contributed by atoms with E-state index in [9.17, 15) is 0 Å². The van der Waals surface area contributed by atoms with Gasteiger partial charge in [0.05, 0.1) is 6.04 Å². The van der Waals surface area contributed by atoms with E-state index in [0.29, 0.717) is 5.54 Å². The van der Waals surface area contributed by atoms with E-state index in [4.69, 9.17) is 0 Å². The molecule has 4 aliphatic carbocycles. The lowest BCUT2D eigenvalue weighted by molar-refractivity contribution is -0.0460. The summed E-state index contributed by atoms with van der Waals surface area (Å²) in [4.78, 5) is 0. The van der Waals surface area contributed by atoms with Crippen LogP contribution < -0.4 is 5.32 Å². The monoisotopic (exact) mass is 274 g/mol. The predicted molar refractivity (Wildman–Crippen MR) is 78.4 cm³/mol. The van der Waals surface area contributed by atoms with Gasteiger partial charge in [-0.3, -0.25) is 0 Å². The maximum atomic E-state index is 4.49. The Bertz CT molecular complexity index is 483. The topological polar surface area (TPSA) is 42.7 Å². The molecule has 1 atom stereocenters. The van der Waals surface area contributed by atoms with Crippen molar-refractivity contribution < 1.29 is 0 Å². The van der Waals surface area contributed by atoms with Crippen LogP contribution in [0.1, 0.15) is 63.1 Å². The summed E-state index contributed by atoms with van der Waals surface area (Å²) in [6.45, 7) is 4.33. The fourth-order valence-corrected chi connectivity index (χ4v) is 5.71. The maximum Gasteiger partial charge on any atom is 0.150 e. The van der Waals surface area contributed by atoms with Gasteiger partial charge in [0, 0.05) is 5.54 Å². The summed E-state index contributed by atoms with van der Waals surface area (Å²) < 4.78 is 2.53. The molecule has 0 aromatic carbocycles. The van der Waals surface area contributed by atoms with Crippen molar-refractivity contribution in [3.63, 3.8) is 0 Å². The molecule has 0 radical (unpaired) electrons. The zero-order valence-corrected chi connectivity index (χ0v) is 12.9. The molecule has 1 aromatic rings. The van der Waals surface area contributed by atoms with Gasteiger partial charge in [-0.2, -0.15) is 0 Å². The molecule has 20 heavy (non-hydrogen) atoms. The van der Waals surface area contributed by atoms with Crippen molar-refractivity contribution in [1.29, 1.82) is 0 Å². The van der Waals surface area contributed by atoms with Gasteiger partial charge in [0.1, 0.15) is 11.6 Å². The summed E-state index contributed by atoms with van der Waals surface area (Å²) in [6, 6.07) is 0.282. The number of aromatic nitrogens is 3. The highest BCUT2D eigenvalue weighted by Crippen LogP contribution is 2.59. The van der Waals surface area contributed by atoms with E-state index >= 15 is 0 Å². The Balaban J connectivity index is 1.79. The Labute approximate surface area is 121 Å². The molecule has 5 rings (SSSR count). The molecule has 4 bridgehead atoms. The first kappa shape index (κ1) is 12.8. The molecule has 1 unspecified atom stereocenters. The van der Waals surface area contributed by atoms with Crippen molar-refractivity contribution in [2.45, 2.75) is 64.0 Å². The molecule has 4 heteroatoms. The third kappa shape index (κ3) is 1.70. The van der Waals surface area contributed by atoms with Crippen LogP contribution in [0.4, 0.5) is 0 Å². The van der Waals surface area contributed by atoms with Gasteiger partial charge in [-0.05, 0) is 77.2 Å². The lowest BCUT2D eigenvalue weighted by Gasteiger charge is -2.57. The van der Waals surface area contributed by atoms with E-state index in [-0.39, 0.29) is 6.04 Å². The average molecular weight is 274 g/mol.